The van der Waals surface area contributed by atoms with Crippen LogP contribution in [0.3, 0.4) is 0 Å². The molecule has 3 rings (SSSR count). The van der Waals surface area contributed by atoms with Crippen LogP contribution in [0, 0.1) is 6.92 Å². The van der Waals surface area contributed by atoms with Gasteiger partial charge in [-0.15, -0.1) is 0 Å². The minimum atomic E-state index is -0.312. The lowest BCUT2D eigenvalue weighted by Gasteiger charge is -2.11. The molecule has 2 aromatic heterocycles. The molecule has 0 aliphatic heterocycles. The highest BCUT2D eigenvalue weighted by molar-refractivity contribution is 9.11. The first kappa shape index (κ1) is 15.1. The number of hydrogen-bond donors (Lipinski definition) is 2. The molecule has 112 valence electrons. The van der Waals surface area contributed by atoms with E-state index in [4.69, 9.17) is 10.2 Å². The van der Waals surface area contributed by atoms with Crippen molar-refractivity contribution in [3.63, 3.8) is 0 Å². The van der Waals surface area contributed by atoms with Gasteiger partial charge in [0.2, 0.25) is 11.3 Å². The highest BCUT2D eigenvalue weighted by Crippen LogP contribution is 2.41. The number of nitrogens with two attached hydrogens (primary N) is 1. The molecule has 22 heavy (non-hydrogen) atoms. The summed E-state index contributed by atoms with van der Waals surface area (Å²) in [6.45, 7) is 1.69. The Labute approximate surface area is 142 Å². The van der Waals surface area contributed by atoms with Crippen molar-refractivity contribution in [2.75, 3.05) is 5.73 Å². The number of anilines is 1. The number of nitrogen functional groups attached to an aromatic ring is 1. The molecule has 5 nitrogen and oxygen atoms in total. The van der Waals surface area contributed by atoms with Crippen LogP contribution >= 0.6 is 31.9 Å². The highest BCUT2D eigenvalue weighted by atomic mass is 79.9. The second-order valence-corrected chi connectivity index (χ2v) is 6.28. The Morgan fingerprint density at radius 2 is 2.00 bits per heavy atom. The van der Waals surface area contributed by atoms with E-state index in [1.165, 1.54) is 0 Å². The summed E-state index contributed by atoms with van der Waals surface area (Å²) in [7, 11) is 0. The average molecular weight is 426 g/mol. The van der Waals surface area contributed by atoms with E-state index in [-0.39, 0.29) is 28.2 Å². The zero-order chi connectivity index (χ0) is 16.0. The van der Waals surface area contributed by atoms with Crippen LogP contribution in [0.4, 0.5) is 5.88 Å². The Morgan fingerprint density at radius 1 is 1.27 bits per heavy atom. The number of pyridine rings is 1. The normalized spacial score (nSPS) is 11.0. The molecular weight excluding hydrogens is 416 g/mol. The molecule has 0 aliphatic carbocycles. The Hall–Kier alpha value is -1.86. The number of halogens is 2. The molecule has 2 heterocycles. The Balaban J connectivity index is 2.52. The molecule has 0 atom stereocenters. The van der Waals surface area contributed by atoms with Crippen molar-refractivity contribution >= 4 is 48.7 Å². The van der Waals surface area contributed by atoms with E-state index in [0.717, 1.165) is 0 Å². The number of rotatable bonds is 1. The summed E-state index contributed by atoms with van der Waals surface area (Å²) in [5, 5.41) is 10.4. The lowest BCUT2D eigenvalue weighted by Crippen LogP contribution is -2.11. The molecule has 0 radical (unpaired) electrons. The number of hydrogen-bond acceptors (Lipinski definition) is 5. The lowest BCUT2D eigenvalue weighted by molar-refractivity contribution is 0.466. The van der Waals surface area contributed by atoms with Crippen LogP contribution < -0.4 is 11.2 Å². The molecule has 3 aromatic rings. The average Bonchev–Trinajstić information content (AvgIpc) is 2.51. The predicted molar refractivity (Wildman–Crippen MR) is 91.9 cm³/mol. The van der Waals surface area contributed by atoms with Crippen LogP contribution in [0.2, 0.25) is 0 Å². The highest BCUT2D eigenvalue weighted by Gasteiger charge is 2.22. The zero-order valence-corrected chi connectivity index (χ0v) is 14.5. The van der Waals surface area contributed by atoms with Gasteiger partial charge in [-0.1, -0.05) is 6.07 Å². The molecule has 7 heteroatoms. The number of phenolic OH excluding ortho intramolecular Hbond substituents is 1. The van der Waals surface area contributed by atoms with E-state index >= 15 is 0 Å². The molecule has 0 fully saturated rings. The third kappa shape index (κ3) is 2.12. The minimum Gasteiger partial charge on any atom is -0.506 e. The minimum absolute atomic E-state index is 0.00693. The van der Waals surface area contributed by atoms with E-state index in [9.17, 15) is 9.90 Å². The molecule has 0 saturated carbocycles. The fourth-order valence-corrected chi connectivity index (χ4v) is 3.35. The van der Waals surface area contributed by atoms with Gasteiger partial charge in [-0.3, -0.25) is 9.78 Å². The van der Waals surface area contributed by atoms with Crippen LogP contribution in [0.1, 0.15) is 5.56 Å². The first-order valence-corrected chi connectivity index (χ1v) is 7.86. The maximum absolute atomic E-state index is 12.9. The molecule has 0 unspecified atom stereocenters. The number of benzene rings is 1. The van der Waals surface area contributed by atoms with E-state index in [1.54, 1.807) is 31.3 Å². The number of phenols is 1. The second kappa shape index (κ2) is 5.40. The van der Waals surface area contributed by atoms with Crippen molar-refractivity contribution in [1.82, 2.24) is 4.98 Å². The summed E-state index contributed by atoms with van der Waals surface area (Å²) in [4.78, 5) is 17.0. The van der Waals surface area contributed by atoms with Gasteiger partial charge in [0.15, 0.2) is 5.58 Å². The van der Waals surface area contributed by atoms with Gasteiger partial charge in [-0.2, -0.15) is 0 Å². The van der Waals surface area contributed by atoms with Crippen LogP contribution in [0.25, 0.3) is 22.2 Å². The van der Waals surface area contributed by atoms with Crippen LogP contribution in [0.15, 0.2) is 42.6 Å². The van der Waals surface area contributed by atoms with Gasteiger partial charge in [-0.25, -0.2) is 0 Å². The molecule has 0 amide bonds. The third-order valence-corrected chi connectivity index (χ3v) is 5.10. The van der Waals surface area contributed by atoms with E-state index < -0.39 is 0 Å². The summed E-state index contributed by atoms with van der Waals surface area (Å²) in [5.41, 5.74) is 6.95. The summed E-state index contributed by atoms with van der Waals surface area (Å²) in [6, 6.07) is 5.19. The fourth-order valence-electron chi connectivity index (χ4n) is 2.22. The number of fused-ring (bicyclic) bond motifs is 1. The quantitative estimate of drug-likeness (QED) is 0.615. The third-order valence-electron chi connectivity index (χ3n) is 3.37. The largest absolute Gasteiger partial charge is 0.506 e. The molecule has 0 bridgehead atoms. The van der Waals surface area contributed by atoms with Crippen molar-refractivity contribution in [2.24, 2.45) is 0 Å². The van der Waals surface area contributed by atoms with Gasteiger partial charge in [0.05, 0.1) is 11.1 Å². The molecular formula is C15H10Br2N2O3. The van der Waals surface area contributed by atoms with Crippen molar-refractivity contribution < 1.29 is 9.52 Å². The maximum atomic E-state index is 12.9. The van der Waals surface area contributed by atoms with Gasteiger partial charge < -0.3 is 15.3 Å². The van der Waals surface area contributed by atoms with Crippen LogP contribution in [0.5, 0.6) is 5.75 Å². The van der Waals surface area contributed by atoms with Crippen molar-refractivity contribution in [1.29, 1.82) is 0 Å². The van der Waals surface area contributed by atoms with Crippen molar-refractivity contribution in [2.45, 2.75) is 6.92 Å². The van der Waals surface area contributed by atoms with Gasteiger partial charge in [0, 0.05) is 16.2 Å². The second-order valence-electron chi connectivity index (χ2n) is 4.69. The smallest absolute Gasteiger partial charge is 0.205 e. The van der Waals surface area contributed by atoms with Crippen LogP contribution in [-0.2, 0) is 0 Å². The predicted octanol–water partition coefficient (Wildman–Crippen LogP) is 3.98. The van der Waals surface area contributed by atoms with Crippen molar-refractivity contribution in [3.8, 4) is 17.0 Å². The standard InChI is InChI=1S/C15H10Br2N2O3/c1-6-10(16)9-13(21)8(7-4-2-3-5-19-7)15(18)22-14(9)11(17)12(6)20/h2-5,20H,18H2,1H3. The van der Waals surface area contributed by atoms with Gasteiger partial charge in [0.25, 0.3) is 0 Å². The molecule has 1 aromatic carbocycles. The topological polar surface area (TPSA) is 89.3 Å². The summed E-state index contributed by atoms with van der Waals surface area (Å²) in [5.74, 6) is -0.0560. The van der Waals surface area contributed by atoms with Crippen molar-refractivity contribution in [3.05, 3.63) is 49.1 Å². The zero-order valence-electron chi connectivity index (χ0n) is 11.4. The summed E-state index contributed by atoms with van der Waals surface area (Å²) < 4.78 is 6.33. The number of nitrogens with zero attached hydrogens (tertiary/aromatic N) is 1. The summed E-state index contributed by atoms with van der Waals surface area (Å²) >= 11 is 6.59. The lowest BCUT2D eigenvalue weighted by atomic mass is 10.1. The Kier molecular flexibility index (Phi) is 3.70. The van der Waals surface area contributed by atoms with E-state index in [2.05, 4.69) is 36.8 Å². The number of aromatic nitrogens is 1. The summed E-state index contributed by atoms with van der Waals surface area (Å²) in [6.07, 6.45) is 1.57. The van der Waals surface area contributed by atoms with E-state index in [0.29, 0.717) is 25.6 Å². The first-order valence-electron chi connectivity index (χ1n) is 6.27. The Bertz CT molecular complexity index is 953. The number of aromatic hydroxyl groups is 1. The SMILES string of the molecule is Cc1c(O)c(Br)c2oc(N)c(-c3ccccn3)c(=O)c2c1Br. The molecule has 0 saturated heterocycles. The Morgan fingerprint density at radius 3 is 2.64 bits per heavy atom. The van der Waals surface area contributed by atoms with Crippen LogP contribution in [-0.4, -0.2) is 10.1 Å². The van der Waals surface area contributed by atoms with E-state index in [1.807, 2.05) is 0 Å². The van der Waals surface area contributed by atoms with Gasteiger partial charge in [0.1, 0.15) is 15.8 Å². The monoisotopic (exact) mass is 424 g/mol. The molecule has 3 N–H and O–H groups in total. The first-order chi connectivity index (χ1) is 10.4. The molecule has 0 aliphatic rings. The molecule has 0 spiro atoms. The van der Waals surface area contributed by atoms with Gasteiger partial charge >= 0.3 is 0 Å². The fraction of sp³-hybridized carbons (Fsp3) is 0.0667. The maximum Gasteiger partial charge on any atom is 0.205 e. The van der Waals surface area contributed by atoms with Gasteiger partial charge in [-0.05, 0) is 50.9 Å².